The Morgan fingerprint density at radius 3 is 2.73 bits per heavy atom. The van der Waals surface area contributed by atoms with Crippen LogP contribution in [0.3, 0.4) is 0 Å². The summed E-state index contributed by atoms with van der Waals surface area (Å²) in [6, 6.07) is 15.0. The van der Waals surface area contributed by atoms with E-state index >= 15 is 0 Å². The topological polar surface area (TPSA) is 118 Å². The van der Waals surface area contributed by atoms with Gasteiger partial charge in [0, 0.05) is 46.8 Å². The predicted octanol–water partition coefficient (Wildman–Crippen LogP) is 6.17. The van der Waals surface area contributed by atoms with E-state index in [1.807, 2.05) is 31.2 Å². The Labute approximate surface area is 293 Å². The lowest BCUT2D eigenvalue weighted by Gasteiger charge is -2.49. The fourth-order valence-electron chi connectivity index (χ4n) is 8.42. The molecule has 1 fully saturated rings. The van der Waals surface area contributed by atoms with Gasteiger partial charge in [-0.15, -0.1) is 0 Å². The van der Waals surface area contributed by atoms with Gasteiger partial charge in [0.1, 0.15) is 11.4 Å². The molecule has 1 aromatic heterocycles. The number of nitrogens with zero attached hydrogens (tertiary/aromatic N) is 2. The molecular weight excluding hydrogens is 662 g/mol. The lowest BCUT2D eigenvalue weighted by molar-refractivity contribution is -0.0516. The summed E-state index contributed by atoms with van der Waals surface area (Å²) in [5.41, 5.74) is 2.27. The van der Waals surface area contributed by atoms with Crippen LogP contribution in [0.4, 0.5) is 5.69 Å². The highest BCUT2D eigenvalue weighted by Gasteiger charge is 2.50. The smallest absolute Gasteiger partial charge is 0.264 e. The molecule has 2 N–H and O–H groups in total. The number of halogens is 1. The minimum Gasteiger partial charge on any atom is -0.490 e. The molecular formula is C38H44ClN3O6S. The number of rotatable bonds is 2. The number of aliphatic hydroxyl groups is 1. The Balaban J connectivity index is 1.36. The van der Waals surface area contributed by atoms with Crippen LogP contribution in [0.5, 0.6) is 11.6 Å². The van der Waals surface area contributed by atoms with Crippen molar-refractivity contribution in [1.82, 2.24) is 9.71 Å². The number of aromatic nitrogens is 1. The molecule has 2 aliphatic heterocycles. The van der Waals surface area contributed by atoms with Crippen LogP contribution >= 0.6 is 11.6 Å². The number of sulfonamides is 1. The van der Waals surface area contributed by atoms with E-state index in [0.717, 1.165) is 37.8 Å². The summed E-state index contributed by atoms with van der Waals surface area (Å²) in [5, 5.41) is 12.6. The van der Waals surface area contributed by atoms with Gasteiger partial charge in [-0.25, -0.2) is 18.1 Å². The largest absolute Gasteiger partial charge is 0.490 e. The molecule has 6 atom stereocenters. The number of hydrogen-bond acceptors (Lipinski definition) is 8. The molecule has 0 radical (unpaired) electrons. The van der Waals surface area contributed by atoms with Crippen molar-refractivity contribution in [3.63, 3.8) is 0 Å². The van der Waals surface area contributed by atoms with Gasteiger partial charge in [-0.2, -0.15) is 0 Å². The third-order valence-corrected chi connectivity index (χ3v) is 13.7. The average Bonchev–Trinajstić information content (AvgIpc) is 3.22. The van der Waals surface area contributed by atoms with Gasteiger partial charge in [0.25, 0.3) is 5.91 Å². The number of pyridine rings is 1. The molecule has 3 aromatic rings. The molecule has 9 nitrogen and oxygen atoms in total. The van der Waals surface area contributed by atoms with Crippen LogP contribution in [0.2, 0.25) is 5.02 Å². The summed E-state index contributed by atoms with van der Waals surface area (Å²) >= 11 is 6.45. The number of methoxy groups -OCH3 is 1. The molecule has 260 valence electrons. The van der Waals surface area contributed by atoms with Crippen LogP contribution in [0.1, 0.15) is 73.0 Å². The Bertz CT molecular complexity index is 1900. The van der Waals surface area contributed by atoms with Gasteiger partial charge < -0.3 is 19.5 Å². The monoisotopic (exact) mass is 705 g/mol. The van der Waals surface area contributed by atoms with Crippen molar-refractivity contribution in [2.24, 2.45) is 17.8 Å². The molecule has 4 aliphatic rings. The number of carbonyl (C=O) groups is 1. The molecule has 0 saturated heterocycles. The maximum absolute atomic E-state index is 13.5. The standard InChI is InChI=1S/C38H44ClN3O6S/c1-24-7-4-17-38(44,32-9-6-18-40-36(32)47-3)31-13-10-28(31)21-42-22-37(16-5-8-26-19-29(39)12-14-30(26)37)23-48-34-15-11-27(20-33(34)42)35(43)41-49(45,46)25(24)2/h4,6,9,11-12,14-15,17-20,24-25,28,31,44H,5,7-8,10,13,16,21-23H2,1-3H3,(H,41,43)/b17-4-/t24-,25+,28-,31+,37-,38-/m0/s1. The van der Waals surface area contributed by atoms with Gasteiger partial charge in [-0.1, -0.05) is 36.7 Å². The van der Waals surface area contributed by atoms with E-state index in [1.165, 1.54) is 11.1 Å². The molecule has 1 amide bonds. The normalized spacial score (nSPS) is 31.6. The molecule has 3 heterocycles. The SMILES string of the molecule is COc1ncccc1[C@]1(O)/C=C\C[C@H](C)[C@@H](C)S(=O)(=O)NC(=O)c2ccc3c(c2)N(C[C@@H]2CC[C@H]21)C[C@@]1(CCCc2cc(Cl)ccc21)CO3. The van der Waals surface area contributed by atoms with E-state index < -0.39 is 26.8 Å². The number of ether oxygens (including phenoxy) is 2. The molecule has 1 spiro atoms. The molecule has 2 aromatic carbocycles. The molecule has 0 unspecified atom stereocenters. The van der Waals surface area contributed by atoms with Gasteiger partial charge in [0.15, 0.2) is 0 Å². The number of hydrogen-bond donors (Lipinski definition) is 2. The Morgan fingerprint density at radius 1 is 1.12 bits per heavy atom. The lowest BCUT2D eigenvalue weighted by atomic mass is 9.62. The van der Waals surface area contributed by atoms with Crippen molar-refractivity contribution in [2.45, 2.75) is 68.6 Å². The third kappa shape index (κ3) is 6.10. The number of fused-ring (bicyclic) bond motifs is 4. The van der Waals surface area contributed by atoms with E-state index in [1.54, 1.807) is 44.5 Å². The van der Waals surface area contributed by atoms with Crippen LogP contribution in [0, 0.1) is 17.8 Å². The number of aryl methyl sites for hydroxylation is 1. The summed E-state index contributed by atoms with van der Waals surface area (Å²) in [7, 11) is -2.47. The molecule has 2 aliphatic carbocycles. The van der Waals surface area contributed by atoms with Crippen molar-refractivity contribution in [3.8, 4) is 11.6 Å². The highest BCUT2D eigenvalue weighted by molar-refractivity contribution is 7.90. The highest BCUT2D eigenvalue weighted by atomic mass is 35.5. The first-order valence-electron chi connectivity index (χ1n) is 17.2. The van der Waals surface area contributed by atoms with Crippen LogP contribution in [-0.4, -0.2) is 56.5 Å². The summed E-state index contributed by atoms with van der Waals surface area (Å²) in [6.45, 7) is 5.12. The van der Waals surface area contributed by atoms with Gasteiger partial charge >= 0.3 is 0 Å². The number of benzene rings is 2. The third-order valence-electron chi connectivity index (χ3n) is 11.5. The average molecular weight is 706 g/mol. The van der Waals surface area contributed by atoms with Crippen molar-refractivity contribution < 1.29 is 27.8 Å². The van der Waals surface area contributed by atoms with Gasteiger partial charge in [0.05, 0.1) is 24.7 Å². The molecule has 49 heavy (non-hydrogen) atoms. The Kier molecular flexibility index (Phi) is 8.94. The van der Waals surface area contributed by atoms with E-state index in [-0.39, 0.29) is 28.7 Å². The van der Waals surface area contributed by atoms with Crippen molar-refractivity contribution in [3.05, 3.63) is 94.2 Å². The predicted molar refractivity (Wildman–Crippen MR) is 190 cm³/mol. The first kappa shape index (κ1) is 33.9. The number of amides is 1. The second kappa shape index (κ2) is 12.9. The van der Waals surface area contributed by atoms with Crippen molar-refractivity contribution in [2.75, 3.05) is 31.7 Å². The molecule has 1 saturated carbocycles. The van der Waals surface area contributed by atoms with E-state index in [9.17, 15) is 18.3 Å². The van der Waals surface area contributed by atoms with E-state index in [0.29, 0.717) is 48.3 Å². The first-order chi connectivity index (χ1) is 23.4. The minimum atomic E-state index is -4.02. The number of nitrogens with one attached hydrogen (secondary N) is 1. The van der Waals surface area contributed by atoms with Crippen LogP contribution < -0.4 is 19.1 Å². The van der Waals surface area contributed by atoms with Gasteiger partial charge in [-0.3, -0.25) is 4.79 Å². The second-order valence-electron chi connectivity index (χ2n) is 14.4. The quantitative estimate of drug-likeness (QED) is 0.304. The lowest BCUT2D eigenvalue weighted by Crippen LogP contribution is -2.51. The zero-order valence-corrected chi connectivity index (χ0v) is 29.8. The number of anilines is 1. The van der Waals surface area contributed by atoms with Crippen LogP contribution in [0.25, 0.3) is 0 Å². The van der Waals surface area contributed by atoms with Crippen molar-refractivity contribution >= 4 is 33.2 Å². The summed E-state index contributed by atoms with van der Waals surface area (Å²) in [6.07, 6.45) is 10.2. The minimum absolute atomic E-state index is 0.0814. The van der Waals surface area contributed by atoms with Crippen LogP contribution in [-0.2, 0) is 27.5 Å². The van der Waals surface area contributed by atoms with E-state index in [4.69, 9.17) is 21.1 Å². The fraction of sp³-hybridized carbons (Fsp3) is 0.474. The fourth-order valence-corrected chi connectivity index (χ4v) is 9.90. The first-order valence-corrected chi connectivity index (χ1v) is 19.1. The summed E-state index contributed by atoms with van der Waals surface area (Å²) < 4.78 is 41.5. The summed E-state index contributed by atoms with van der Waals surface area (Å²) in [5.74, 6) is -0.0965. The number of carbonyl (C=O) groups excluding carboxylic acids is 1. The number of allylic oxidation sites excluding steroid dienone is 1. The van der Waals surface area contributed by atoms with Crippen LogP contribution in [0.15, 0.2) is 66.9 Å². The Hall–Kier alpha value is -3.60. The second-order valence-corrected chi connectivity index (χ2v) is 16.9. The Morgan fingerprint density at radius 2 is 1.96 bits per heavy atom. The molecule has 7 rings (SSSR count). The van der Waals surface area contributed by atoms with E-state index in [2.05, 4.69) is 26.7 Å². The van der Waals surface area contributed by atoms with Crippen molar-refractivity contribution in [1.29, 1.82) is 0 Å². The highest BCUT2D eigenvalue weighted by Crippen LogP contribution is 2.52. The van der Waals surface area contributed by atoms with Gasteiger partial charge in [-0.05, 0) is 111 Å². The van der Waals surface area contributed by atoms with Gasteiger partial charge in [0.2, 0.25) is 15.9 Å². The molecule has 2 bridgehead atoms. The zero-order valence-electron chi connectivity index (χ0n) is 28.2. The molecule has 11 heteroatoms. The maximum atomic E-state index is 13.5. The zero-order chi connectivity index (χ0) is 34.6. The maximum Gasteiger partial charge on any atom is 0.264 e. The summed E-state index contributed by atoms with van der Waals surface area (Å²) in [4.78, 5) is 20.3.